The quantitative estimate of drug-likeness (QED) is 0.369. The third kappa shape index (κ3) is 4.50. The summed E-state index contributed by atoms with van der Waals surface area (Å²) in [7, 11) is -3.59. The zero-order valence-corrected chi connectivity index (χ0v) is 20.7. The van der Waals surface area contributed by atoms with Crippen LogP contribution in [-0.4, -0.2) is 52.4 Å². The summed E-state index contributed by atoms with van der Waals surface area (Å²) in [4.78, 5) is 14.5. The minimum absolute atomic E-state index is 0.0197. The average Bonchev–Trinajstić information content (AvgIpc) is 3.46. The lowest BCUT2D eigenvalue weighted by molar-refractivity contribution is 0.359. The van der Waals surface area contributed by atoms with Crippen LogP contribution in [0.2, 0.25) is 0 Å². The molecular weight excluding hydrogens is 494 g/mol. The molecule has 0 spiro atoms. The number of halogens is 2. The van der Waals surface area contributed by atoms with Gasteiger partial charge in [0.1, 0.15) is 11.7 Å². The van der Waals surface area contributed by atoms with E-state index in [0.29, 0.717) is 43.4 Å². The summed E-state index contributed by atoms with van der Waals surface area (Å²) in [5, 5.41) is 4.08. The van der Waals surface area contributed by atoms with Gasteiger partial charge in [0.05, 0.1) is 4.90 Å². The van der Waals surface area contributed by atoms with Crippen LogP contribution in [0.1, 0.15) is 44.5 Å². The highest BCUT2D eigenvalue weighted by atomic mass is 32.2. The predicted molar refractivity (Wildman–Crippen MR) is 126 cm³/mol. The van der Waals surface area contributed by atoms with E-state index in [9.17, 15) is 12.8 Å². The largest absolute Gasteiger partial charge is 0.435 e. The van der Waals surface area contributed by atoms with E-state index in [1.54, 1.807) is 4.57 Å². The molecule has 0 aliphatic carbocycles. The minimum Gasteiger partial charge on any atom is -0.435 e. The van der Waals surface area contributed by atoms with Gasteiger partial charge in [-0.1, -0.05) is 13.8 Å². The smallest absolute Gasteiger partial charge is 0.266 e. The minimum atomic E-state index is -3.59. The molecule has 13 heteroatoms. The fraction of sp³-hybridized carbons (Fsp3) is 0.391. The number of nitrogens with zero attached hydrogens (tertiary/aromatic N) is 6. The third-order valence-corrected chi connectivity index (χ3v) is 7.24. The van der Waals surface area contributed by atoms with Crippen LogP contribution in [-0.2, 0) is 9.84 Å². The highest BCUT2D eigenvalue weighted by Crippen LogP contribution is 2.35. The number of aromatic nitrogens is 5. The number of fused-ring (bicyclic) bond motifs is 1. The second kappa shape index (κ2) is 9.12. The first kappa shape index (κ1) is 24.1. The first-order chi connectivity index (χ1) is 17.1. The van der Waals surface area contributed by atoms with Gasteiger partial charge in [-0.2, -0.15) is 4.98 Å². The van der Waals surface area contributed by atoms with Gasteiger partial charge >= 0.3 is 0 Å². The highest BCUT2D eigenvalue weighted by molar-refractivity contribution is 7.90. The number of ether oxygens (including phenoxy) is 1. The summed E-state index contributed by atoms with van der Waals surface area (Å²) in [5.74, 6) is -0.675. The van der Waals surface area contributed by atoms with Crippen LogP contribution in [0.15, 0.2) is 40.1 Å². The van der Waals surface area contributed by atoms with Crippen LogP contribution in [0, 0.1) is 11.6 Å². The van der Waals surface area contributed by atoms with Gasteiger partial charge in [-0.25, -0.2) is 27.2 Å². The van der Waals surface area contributed by atoms with Crippen molar-refractivity contribution in [1.82, 2.24) is 24.7 Å². The monoisotopic (exact) mass is 518 g/mol. The van der Waals surface area contributed by atoms with Crippen molar-refractivity contribution in [2.45, 2.75) is 43.5 Å². The number of benzene rings is 1. The van der Waals surface area contributed by atoms with E-state index >= 15 is 4.39 Å². The lowest BCUT2D eigenvalue weighted by Gasteiger charge is -2.31. The van der Waals surface area contributed by atoms with Crippen LogP contribution >= 0.6 is 0 Å². The van der Waals surface area contributed by atoms with E-state index in [0.717, 1.165) is 12.3 Å². The molecule has 0 amide bonds. The number of sulfone groups is 1. The molecule has 0 saturated carbocycles. The summed E-state index contributed by atoms with van der Waals surface area (Å²) in [5.41, 5.74) is 0.325. The molecule has 10 nitrogen and oxygen atoms in total. The molecule has 5 rings (SSSR count). The normalized spacial score (nSPS) is 15.2. The van der Waals surface area contributed by atoms with Gasteiger partial charge in [-0.05, 0) is 36.2 Å². The van der Waals surface area contributed by atoms with Crippen molar-refractivity contribution in [1.29, 1.82) is 0 Å². The Morgan fingerprint density at radius 3 is 2.53 bits per heavy atom. The molecule has 1 aliphatic heterocycles. The van der Waals surface area contributed by atoms with Crippen molar-refractivity contribution >= 4 is 26.8 Å². The van der Waals surface area contributed by atoms with Crippen molar-refractivity contribution < 1.29 is 26.5 Å². The Kier molecular flexibility index (Phi) is 6.10. The Morgan fingerprint density at radius 1 is 1.14 bits per heavy atom. The maximum Gasteiger partial charge on any atom is 0.266 e. The number of piperidine rings is 1. The maximum atomic E-state index is 15.1. The topological polar surface area (TPSA) is 116 Å². The molecule has 4 heterocycles. The Balaban J connectivity index is 1.38. The number of anilines is 1. The van der Waals surface area contributed by atoms with E-state index in [4.69, 9.17) is 9.26 Å². The van der Waals surface area contributed by atoms with Crippen LogP contribution < -0.4 is 9.64 Å². The molecule has 0 unspecified atom stereocenters. The number of hydrogen-bond acceptors (Lipinski definition) is 9. The van der Waals surface area contributed by atoms with Crippen molar-refractivity contribution in [3.05, 3.63) is 48.2 Å². The zero-order chi connectivity index (χ0) is 25.6. The zero-order valence-electron chi connectivity index (χ0n) is 19.9. The second-order valence-electron chi connectivity index (χ2n) is 9.03. The molecule has 1 aromatic carbocycles. The van der Waals surface area contributed by atoms with Gasteiger partial charge in [0.15, 0.2) is 32.9 Å². The van der Waals surface area contributed by atoms with E-state index in [-0.39, 0.29) is 33.9 Å². The van der Waals surface area contributed by atoms with E-state index in [2.05, 4.69) is 20.1 Å². The molecular formula is C23H24F2N6O4S. The molecule has 0 radical (unpaired) electrons. The first-order valence-corrected chi connectivity index (χ1v) is 13.3. The molecule has 36 heavy (non-hydrogen) atoms. The first-order valence-electron chi connectivity index (χ1n) is 11.4. The van der Waals surface area contributed by atoms with E-state index < -0.39 is 21.5 Å². The molecule has 190 valence electrons. The van der Waals surface area contributed by atoms with Gasteiger partial charge in [-0.3, -0.25) is 0 Å². The van der Waals surface area contributed by atoms with Crippen LogP contribution in [0.4, 0.5) is 14.7 Å². The number of rotatable bonds is 6. The van der Waals surface area contributed by atoms with Crippen LogP contribution in [0.5, 0.6) is 11.6 Å². The Hall–Kier alpha value is -3.61. The molecule has 0 N–H and O–H groups in total. The Morgan fingerprint density at radius 2 is 1.89 bits per heavy atom. The van der Waals surface area contributed by atoms with E-state index in [1.165, 1.54) is 24.7 Å². The fourth-order valence-electron chi connectivity index (χ4n) is 4.20. The van der Waals surface area contributed by atoms with Crippen LogP contribution in [0.3, 0.4) is 0 Å². The van der Waals surface area contributed by atoms with Gasteiger partial charge in [0.25, 0.3) is 5.95 Å². The van der Waals surface area contributed by atoms with Gasteiger partial charge in [0, 0.05) is 37.5 Å². The lowest BCUT2D eigenvalue weighted by Crippen LogP contribution is -2.35. The highest BCUT2D eigenvalue weighted by Gasteiger charge is 2.27. The van der Waals surface area contributed by atoms with Gasteiger partial charge in [-0.15, -0.1) is 0 Å². The van der Waals surface area contributed by atoms with Crippen LogP contribution in [0.25, 0.3) is 11.0 Å². The third-order valence-electron chi connectivity index (χ3n) is 6.13. The molecule has 0 bridgehead atoms. The van der Waals surface area contributed by atoms with E-state index in [1.807, 2.05) is 18.7 Å². The van der Waals surface area contributed by atoms with Crippen molar-refractivity contribution in [2.75, 3.05) is 24.2 Å². The fourth-order valence-corrected chi connectivity index (χ4v) is 4.83. The molecule has 1 aliphatic rings. The van der Waals surface area contributed by atoms with Crippen molar-refractivity contribution in [3.63, 3.8) is 0 Å². The summed E-state index contributed by atoms with van der Waals surface area (Å²) in [6.45, 7) is 5.26. The molecule has 1 saturated heterocycles. The molecule has 0 atom stereocenters. The summed E-state index contributed by atoms with van der Waals surface area (Å²) < 4.78 is 65.5. The van der Waals surface area contributed by atoms with Crippen molar-refractivity contribution in [3.8, 4) is 11.6 Å². The summed E-state index contributed by atoms with van der Waals surface area (Å²) in [6.07, 6.45) is 4.93. The lowest BCUT2D eigenvalue weighted by atomic mass is 10.1. The Labute approximate surface area is 205 Å². The summed E-state index contributed by atoms with van der Waals surface area (Å²) in [6, 6.07) is 3.20. The van der Waals surface area contributed by atoms with Gasteiger partial charge < -0.3 is 18.7 Å². The predicted octanol–water partition coefficient (Wildman–Crippen LogP) is 4.25. The second-order valence-corrected chi connectivity index (χ2v) is 11.0. The SMILES string of the molecule is CC(C)c1nc(N2CCC(n3cc(F)c4c(Oc5ccc(S(C)(=O)=O)cc5F)ncnc43)CC2)no1. The molecule has 1 fully saturated rings. The molecule has 4 aromatic rings. The maximum absolute atomic E-state index is 15.1. The standard InChI is InChI=1S/C23H24F2N6O4S/c1-13(2)21-28-23(29-35-21)30-8-6-14(7-9-30)31-11-17(25)19-20(31)26-12-27-22(19)34-18-5-4-15(10-16(18)24)36(3,32)33/h4-5,10-14H,6-9H2,1-3H3. The Bertz CT molecular complexity index is 1530. The van der Waals surface area contributed by atoms with Crippen molar-refractivity contribution in [2.24, 2.45) is 0 Å². The van der Waals surface area contributed by atoms with Gasteiger partial charge in [0.2, 0.25) is 11.8 Å². The summed E-state index contributed by atoms with van der Waals surface area (Å²) >= 11 is 0. The average molecular weight is 519 g/mol. The molecule has 3 aromatic heterocycles. The number of hydrogen-bond donors (Lipinski definition) is 0.